The summed E-state index contributed by atoms with van der Waals surface area (Å²) in [6.45, 7) is 0. The second-order valence-electron chi connectivity index (χ2n) is 3.18. The van der Waals surface area contributed by atoms with Crippen LogP contribution in [0, 0.1) is 11.3 Å². The molecule has 0 heterocycles. The molecule has 4 nitrogen and oxygen atoms in total. The van der Waals surface area contributed by atoms with Gasteiger partial charge in [0.25, 0.3) is 5.91 Å². The van der Waals surface area contributed by atoms with E-state index in [4.69, 9.17) is 10.00 Å². The van der Waals surface area contributed by atoms with Gasteiger partial charge in [-0.1, -0.05) is 0 Å². The van der Waals surface area contributed by atoms with Gasteiger partial charge in [-0.05, 0) is 30.5 Å². The molecule has 0 fully saturated rings. The molecule has 0 atom stereocenters. The third kappa shape index (κ3) is 3.72. The van der Waals surface area contributed by atoms with E-state index in [-0.39, 0.29) is 5.57 Å². The number of carbonyl (C=O) groups is 1. The van der Waals surface area contributed by atoms with E-state index in [1.165, 1.54) is 11.8 Å². The molecular formula is C12H12N2O2S2. The second-order valence-corrected chi connectivity index (χ2v) is 4.74. The van der Waals surface area contributed by atoms with E-state index < -0.39 is 5.91 Å². The second kappa shape index (κ2) is 6.99. The largest absolute Gasteiger partial charge is 0.497 e. The van der Waals surface area contributed by atoms with Crippen molar-refractivity contribution in [3.8, 4) is 11.8 Å². The molecule has 18 heavy (non-hydrogen) atoms. The minimum Gasteiger partial charge on any atom is -0.497 e. The fraction of sp³-hybridized carbons (Fsp3) is 0.167. The Hall–Kier alpha value is -1.58. The summed E-state index contributed by atoms with van der Waals surface area (Å²) >= 11 is 5.32. The number of nitrogens with zero attached hydrogens (tertiary/aromatic N) is 1. The van der Waals surface area contributed by atoms with Crippen LogP contribution in [0.2, 0.25) is 0 Å². The molecule has 0 aliphatic rings. The summed E-state index contributed by atoms with van der Waals surface area (Å²) in [5.41, 5.74) is 0.595. The lowest BCUT2D eigenvalue weighted by molar-refractivity contribution is -0.112. The molecule has 0 aliphatic carbocycles. The van der Waals surface area contributed by atoms with Crippen LogP contribution in [-0.2, 0) is 4.79 Å². The quantitative estimate of drug-likeness (QED) is 0.505. The van der Waals surface area contributed by atoms with E-state index in [1.54, 1.807) is 37.6 Å². The molecule has 0 saturated carbocycles. The molecule has 1 aromatic carbocycles. The van der Waals surface area contributed by atoms with Crippen LogP contribution >= 0.6 is 24.4 Å². The molecule has 1 aromatic rings. The van der Waals surface area contributed by atoms with Crippen LogP contribution in [0.5, 0.6) is 5.75 Å². The monoisotopic (exact) mass is 280 g/mol. The van der Waals surface area contributed by atoms with E-state index >= 15 is 0 Å². The van der Waals surface area contributed by atoms with Gasteiger partial charge in [0.15, 0.2) is 0 Å². The Balaban J connectivity index is 2.84. The highest BCUT2D eigenvalue weighted by molar-refractivity contribution is 8.15. The summed E-state index contributed by atoms with van der Waals surface area (Å²) < 4.78 is 5.40. The van der Waals surface area contributed by atoms with E-state index in [0.29, 0.717) is 15.7 Å². The zero-order valence-electron chi connectivity index (χ0n) is 9.93. The summed E-state index contributed by atoms with van der Waals surface area (Å²) in [5, 5.41) is 11.5. The first-order chi connectivity index (χ1) is 8.62. The number of hydrogen-bond donors (Lipinski definition) is 2. The predicted octanol–water partition coefficient (Wildman–Crippen LogP) is 2.66. The number of rotatable bonds is 4. The summed E-state index contributed by atoms with van der Waals surface area (Å²) in [5.74, 6) is 0.227. The molecule has 0 radical (unpaired) electrons. The molecule has 0 aromatic heterocycles. The number of methoxy groups -OCH3 is 1. The van der Waals surface area contributed by atoms with Crippen LogP contribution in [-0.4, -0.2) is 19.3 Å². The fourth-order valence-corrected chi connectivity index (χ4v) is 1.66. The highest BCUT2D eigenvalue weighted by atomic mass is 32.2. The van der Waals surface area contributed by atoms with Crippen molar-refractivity contribution in [1.29, 1.82) is 5.26 Å². The zero-order valence-corrected chi connectivity index (χ0v) is 11.6. The summed E-state index contributed by atoms with van der Waals surface area (Å²) in [7, 11) is 1.57. The molecule has 0 saturated heterocycles. The zero-order chi connectivity index (χ0) is 13.5. The minimum atomic E-state index is -0.470. The maximum absolute atomic E-state index is 11.8. The number of thioether (sulfide) groups is 1. The van der Waals surface area contributed by atoms with Gasteiger partial charge < -0.3 is 10.1 Å². The van der Waals surface area contributed by atoms with Crippen molar-refractivity contribution in [2.45, 2.75) is 0 Å². The highest BCUT2D eigenvalue weighted by Gasteiger charge is 2.13. The summed E-state index contributed by atoms with van der Waals surface area (Å²) in [4.78, 5) is 11.8. The van der Waals surface area contributed by atoms with E-state index in [9.17, 15) is 4.79 Å². The summed E-state index contributed by atoms with van der Waals surface area (Å²) in [6, 6.07) is 8.68. The van der Waals surface area contributed by atoms with Gasteiger partial charge in [0.2, 0.25) is 0 Å². The average Bonchev–Trinajstić information content (AvgIpc) is 2.40. The third-order valence-electron chi connectivity index (χ3n) is 2.09. The number of benzene rings is 1. The van der Waals surface area contributed by atoms with Crippen molar-refractivity contribution >= 4 is 36.0 Å². The topological polar surface area (TPSA) is 62.1 Å². The Morgan fingerprint density at radius 2 is 2.06 bits per heavy atom. The Morgan fingerprint density at radius 1 is 1.44 bits per heavy atom. The Kier molecular flexibility index (Phi) is 5.62. The molecule has 1 amide bonds. The number of nitriles is 1. The first-order valence-electron chi connectivity index (χ1n) is 4.95. The lowest BCUT2D eigenvalue weighted by Crippen LogP contribution is -2.14. The molecule has 0 unspecified atom stereocenters. The third-order valence-corrected chi connectivity index (χ3v) is 3.46. The van der Waals surface area contributed by atoms with Crippen LogP contribution in [0.3, 0.4) is 0 Å². The molecule has 1 N–H and O–H groups in total. The number of hydrogen-bond acceptors (Lipinski definition) is 5. The van der Waals surface area contributed by atoms with Crippen LogP contribution in [0.4, 0.5) is 5.69 Å². The van der Waals surface area contributed by atoms with Crippen LogP contribution in [0.25, 0.3) is 0 Å². The smallest absolute Gasteiger partial charge is 0.268 e. The van der Waals surface area contributed by atoms with Crippen molar-refractivity contribution < 1.29 is 9.53 Å². The Bertz CT molecular complexity index is 504. The predicted molar refractivity (Wildman–Crippen MR) is 76.8 cm³/mol. The molecule has 94 valence electrons. The maximum atomic E-state index is 11.8. The van der Waals surface area contributed by atoms with E-state index in [1.807, 2.05) is 6.07 Å². The van der Waals surface area contributed by atoms with Gasteiger partial charge in [-0.3, -0.25) is 4.79 Å². The van der Waals surface area contributed by atoms with E-state index in [0.717, 1.165) is 0 Å². The number of nitrogens with one attached hydrogen (secondary N) is 1. The van der Waals surface area contributed by atoms with Crippen molar-refractivity contribution in [3.05, 3.63) is 34.1 Å². The van der Waals surface area contributed by atoms with Crippen LogP contribution in [0.15, 0.2) is 34.1 Å². The standard InChI is InChI=1S/C12H12N2O2S2/c1-16-9-5-3-8(4-6-9)14-11(15)10(7-13)12(17)18-2/h3-6,17H,1-2H3,(H,14,15). The molecule has 0 bridgehead atoms. The fourth-order valence-electron chi connectivity index (χ4n) is 1.17. The molecule has 0 spiro atoms. The van der Waals surface area contributed by atoms with Crippen LogP contribution in [0.1, 0.15) is 0 Å². The van der Waals surface area contributed by atoms with Gasteiger partial charge in [0.05, 0.1) is 11.3 Å². The van der Waals surface area contributed by atoms with Gasteiger partial charge in [0.1, 0.15) is 17.4 Å². The first kappa shape index (κ1) is 14.5. The van der Waals surface area contributed by atoms with Crippen molar-refractivity contribution in [3.63, 3.8) is 0 Å². The normalized spacial score (nSPS) is 11.2. The van der Waals surface area contributed by atoms with Crippen LogP contribution < -0.4 is 10.1 Å². The average molecular weight is 280 g/mol. The molecule has 0 aliphatic heterocycles. The van der Waals surface area contributed by atoms with Gasteiger partial charge in [-0.15, -0.1) is 24.4 Å². The van der Waals surface area contributed by atoms with E-state index in [2.05, 4.69) is 17.9 Å². The Morgan fingerprint density at radius 3 is 2.50 bits per heavy atom. The number of amides is 1. The minimum absolute atomic E-state index is 0.00153. The van der Waals surface area contributed by atoms with Gasteiger partial charge in [0, 0.05) is 5.69 Å². The lowest BCUT2D eigenvalue weighted by Gasteiger charge is -2.06. The number of anilines is 1. The number of carbonyl (C=O) groups excluding carboxylic acids is 1. The van der Waals surface area contributed by atoms with Crippen molar-refractivity contribution in [2.24, 2.45) is 0 Å². The van der Waals surface area contributed by atoms with Gasteiger partial charge in [-0.25, -0.2) is 0 Å². The number of thiol groups is 1. The Labute approximate surface area is 115 Å². The van der Waals surface area contributed by atoms with Gasteiger partial charge in [-0.2, -0.15) is 5.26 Å². The van der Waals surface area contributed by atoms with Crippen molar-refractivity contribution in [1.82, 2.24) is 0 Å². The van der Waals surface area contributed by atoms with Gasteiger partial charge >= 0.3 is 0 Å². The summed E-state index contributed by atoms with van der Waals surface area (Å²) in [6.07, 6.45) is 1.75. The molecular weight excluding hydrogens is 268 g/mol. The lowest BCUT2D eigenvalue weighted by atomic mass is 10.2. The SMILES string of the molecule is COc1ccc(NC(=O)C(C#N)=C(S)SC)cc1. The molecule has 6 heteroatoms. The first-order valence-corrected chi connectivity index (χ1v) is 6.62. The van der Waals surface area contributed by atoms with Crippen molar-refractivity contribution in [2.75, 3.05) is 18.7 Å². The number of ether oxygens (including phenoxy) is 1. The maximum Gasteiger partial charge on any atom is 0.268 e. The molecule has 1 rings (SSSR count). The highest BCUT2D eigenvalue weighted by Crippen LogP contribution is 2.22.